The third-order valence-corrected chi connectivity index (χ3v) is 5.53. The van der Waals surface area contributed by atoms with Gasteiger partial charge in [-0.1, -0.05) is 13.0 Å². The van der Waals surface area contributed by atoms with Crippen LogP contribution in [-0.2, 0) is 0 Å². The number of alkyl halides is 2. The Morgan fingerprint density at radius 3 is 2.93 bits per heavy atom. The molecule has 6 N–H and O–H groups in total. The standard InChI is InChI=1S/C19H20F2N8/c1-10(11-2-3-13-15(6-11)24-9-23-13)19(22)25-5-4-16(27-19)26-17-7-14(28-29-17)12-8-18(12,20)21/h2-7,9-10,12,27H,8,22H2,1H3,(H,23,24)(H2,26,28,29)/t10-,12-,19?/m0/s1. The fourth-order valence-corrected chi connectivity index (χ4v) is 3.56. The fraction of sp³-hybridized carbons (Fsp3) is 0.316. The van der Waals surface area contributed by atoms with Gasteiger partial charge in [0.25, 0.3) is 5.92 Å². The Hall–Kier alpha value is -3.27. The van der Waals surface area contributed by atoms with Gasteiger partial charge in [-0.25, -0.2) is 13.8 Å². The van der Waals surface area contributed by atoms with E-state index in [0.29, 0.717) is 17.3 Å². The normalized spacial score (nSPS) is 26.1. The topological polar surface area (TPSA) is 120 Å². The number of hydrogen-bond donors (Lipinski definition) is 5. The number of allylic oxidation sites excluding steroid dienone is 1. The lowest BCUT2D eigenvalue weighted by atomic mass is 9.93. The maximum absolute atomic E-state index is 13.2. The maximum Gasteiger partial charge on any atom is 0.257 e. The highest BCUT2D eigenvalue weighted by atomic mass is 19.3. The monoisotopic (exact) mass is 398 g/mol. The number of nitrogens with two attached hydrogens (primary N) is 1. The van der Waals surface area contributed by atoms with Crippen LogP contribution in [0.2, 0.25) is 0 Å². The number of nitrogens with zero attached hydrogens (tertiary/aromatic N) is 3. The van der Waals surface area contributed by atoms with E-state index in [-0.39, 0.29) is 12.3 Å². The Morgan fingerprint density at radius 2 is 2.14 bits per heavy atom. The number of rotatable bonds is 5. The first-order valence-electron chi connectivity index (χ1n) is 9.30. The highest BCUT2D eigenvalue weighted by molar-refractivity contribution is 5.76. The van der Waals surface area contributed by atoms with Crippen molar-refractivity contribution in [3.05, 3.63) is 53.7 Å². The van der Waals surface area contributed by atoms with Gasteiger partial charge >= 0.3 is 0 Å². The number of halogens is 2. The van der Waals surface area contributed by atoms with Crippen LogP contribution in [-0.4, -0.2) is 38.1 Å². The lowest BCUT2D eigenvalue weighted by Gasteiger charge is -2.36. The molecule has 1 aromatic carbocycles. The molecule has 1 fully saturated rings. The number of anilines is 1. The van der Waals surface area contributed by atoms with E-state index in [1.165, 1.54) is 0 Å². The molecule has 3 atom stereocenters. The molecule has 1 aliphatic carbocycles. The van der Waals surface area contributed by atoms with Crippen molar-refractivity contribution in [1.29, 1.82) is 0 Å². The molecule has 3 aromatic rings. The predicted molar refractivity (Wildman–Crippen MR) is 106 cm³/mol. The Morgan fingerprint density at radius 1 is 1.31 bits per heavy atom. The molecule has 0 amide bonds. The number of benzene rings is 1. The summed E-state index contributed by atoms with van der Waals surface area (Å²) in [5.41, 5.74) is 9.77. The first-order valence-corrected chi connectivity index (χ1v) is 9.30. The summed E-state index contributed by atoms with van der Waals surface area (Å²) in [4.78, 5) is 11.8. The molecule has 1 saturated carbocycles. The third-order valence-electron chi connectivity index (χ3n) is 5.53. The molecule has 8 nitrogen and oxygen atoms in total. The number of aromatic nitrogens is 4. The largest absolute Gasteiger partial charge is 0.345 e. The molecule has 5 rings (SSSR count). The van der Waals surface area contributed by atoms with Crippen molar-refractivity contribution in [2.75, 3.05) is 5.32 Å². The molecule has 0 bridgehead atoms. The van der Waals surface area contributed by atoms with Crippen molar-refractivity contribution in [2.45, 2.75) is 36.9 Å². The number of imidazole rings is 1. The van der Waals surface area contributed by atoms with Gasteiger partial charge in [-0.3, -0.25) is 15.8 Å². The second kappa shape index (κ2) is 6.11. The van der Waals surface area contributed by atoms with Crippen molar-refractivity contribution >= 4 is 23.1 Å². The molecule has 1 aliphatic heterocycles. The lowest BCUT2D eigenvalue weighted by Crippen LogP contribution is -2.57. The van der Waals surface area contributed by atoms with E-state index in [1.54, 1.807) is 24.7 Å². The van der Waals surface area contributed by atoms with Gasteiger partial charge in [0.15, 0.2) is 11.6 Å². The van der Waals surface area contributed by atoms with E-state index in [9.17, 15) is 8.78 Å². The number of aliphatic imine (C=N–C) groups is 1. The van der Waals surface area contributed by atoms with Crippen LogP contribution < -0.4 is 16.4 Å². The number of H-pyrrole nitrogens is 2. The van der Waals surface area contributed by atoms with Crippen LogP contribution in [0.5, 0.6) is 0 Å². The maximum atomic E-state index is 13.2. The molecule has 0 spiro atoms. The number of hydrogen-bond acceptors (Lipinski definition) is 6. The average molecular weight is 398 g/mol. The van der Waals surface area contributed by atoms with Crippen LogP contribution in [0.4, 0.5) is 14.6 Å². The zero-order chi connectivity index (χ0) is 20.2. The Labute approximate surface area is 164 Å². The van der Waals surface area contributed by atoms with Crippen molar-refractivity contribution in [3.63, 3.8) is 0 Å². The van der Waals surface area contributed by atoms with Gasteiger partial charge in [0.05, 0.1) is 23.3 Å². The summed E-state index contributed by atoms with van der Waals surface area (Å²) in [6.07, 6.45) is 4.84. The van der Waals surface area contributed by atoms with Crippen molar-refractivity contribution < 1.29 is 8.78 Å². The van der Waals surface area contributed by atoms with E-state index in [1.807, 2.05) is 25.1 Å². The van der Waals surface area contributed by atoms with Gasteiger partial charge in [-0.15, -0.1) is 0 Å². The zero-order valence-electron chi connectivity index (χ0n) is 15.6. The van der Waals surface area contributed by atoms with Crippen molar-refractivity contribution in [2.24, 2.45) is 10.7 Å². The molecular formula is C19H20F2N8. The van der Waals surface area contributed by atoms with E-state index in [2.05, 4.69) is 35.8 Å². The number of fused-ring (bicyclic) bond motifs is 1. The molecule has 2 aliphatic rings. The highest BCUT2D eigenvalue weighted by Crippen LogP contribution is 2.55. The van der Waals surface area contributed by atoms with Crippen LogP contribution in [0.15, 0.2) is 47.5 Å². The van der Waals surface area contributed by atoms with E-state index in [0.717, 1.165) is 16.6 Å². The second-order valence-electron chi connectivity index (χ2n) is 7.56. The fourth-order valence-electron chi connectivity index (χ4n) is 3.56. The first-order chi connectivity index (χ1) is 13.8. The van der Waals surface area contributed by atoms with Gasteiger partial charge in [0.2, 0.25) is 0 Å². The third kappa shape index (κ3) is 3.15. The molecule has 150 valence electrons. The first kappa shape index (κ1) is 17.8. The quantitative estimate of drug-likeness (QED) is 0.453. The molecular weight excluding hydrogens is 378 g/mol. The summed E-state index contributed by atoms with van der Waals surface area (Å²) in [5, 5.41) is 13.0. The summed E-state index contributed by atoms with van der Waals surface area (Å²) in [6.45, 7) is 1.98. The van der Waals surface area contributed by atoms with Gasteiger partial charge < -0.3 is 15.6 Å². The van der Waals surface area contributed by atoms with Gasteiger partial charge in [0.1, 0.15) is 5.82 Å². The molecule has 1 unspecified atom stereocenters. The SMILES string of the molecule is C[C@@H](c1ccc2nc[nH]c2c1)C1(N)N=CC=C(Nc2cc([C@@H]3CC3(F)F)[nH]n2)N1. The molecule has 2 aromatic heterocycles. The second-order valence-corrected chi connectivity index (χ2v) is 7.56. The minimum absolute atomic E-state index is 0.146. The van der Waals surface area contributed by atoms with Crippen molar-refractivity contribution in [1.82, 2.24) is 25.5 Å². The van der Waals surface area contributed by atoms with Crippen LogP contribution in [0.25, 0.3) is 11.0 Å². The van der Waals surface area contributed by atoms with E-state index < -0.39 is 17.6 Å². The Bertz CT molecular complexity index is 1130. The highest BCUT2D eigenvalue weighted by Gasteiger charge is 2.58. The molecule has 0 saturated heterocycles. The number of nitrogens with one attached hydrogen (secondary N) is 4. The molecule has 29 heavy (non-hydrogen) atoms. The summed E-state index contributed by atoms with van der Waals surface area (Å²) < 4.78 is 26.5. The summed E-state index contributed by atoms with van der Waals surface area (Å²) in [7, 11) is 0. The van der Waals surface area contributed by atoms with E-state index >= 15 is 0 Å². The number of aromatic amines is 2. The molecule has 3 heterocycles. The molecule has 0 radical (unpaired) electrons. The van der Waals surface area contributed by atoms with Gasteiger partial charge in [0, 0.05) is 30.3 Å². The van der Waals surface area contributed by atoms with Crippen LogP contribution >= 0.6 is 0 Å². The zero-order valence-corrected chi connectivity index (χ0v) is 15.6. The van der Waals surface area contributed by atoms with Crippen LogP contribution in [0.3, 0.4) is 0 Å². The van der Waals surface area contributed by atoms with Gasteiger partial charge in [-0.05, 0) is 23.8 Å². The Kier molecular flexibility index (Phi) is 3.75. The summed E-state index contributed by atoms with van der Waals surface area (Å²) >= 11 is 0. The minimum atomic E-state index is -2.64. The lowest BCUT2D eigenvalue weighted by molar-refractivity contribution is 0.111. The smallest absolute Gasteiger partial charge is 0.257 e. The van der Waals surface area contributed by atoms with Crippen LogP contribution in [0, 0.1) is 0 Å². The minimum Gasteiger partial charge on any atom is -0.345 e. The van der Waals surface area contributed by atoms with E-state index in [4.69, 9.17) is 5.73 Å². The molecule has 10 heteroatoms. The summed E-state index contributed by atoms with van der Waals surface area (Å²) in [5.74, 6) is -3.67. The predicted octanol–water partition coefficient (Wildman–Crippen LogP) is 2.75. The van der Waals surface area contributed by atoms with Crippen LogP contribution in [0.1, 0.15) is 36.4 Å². The Balaban J connectivity index is 1.31. The van der Waals surface area contributed by atoms with Crippen molar-refractivity contribution in [3.8, 4) is 0 Å². The average Bonchev–Trinajstić information content (AvgIpc) is 3.08. The van der Waals surface area contributed by atoms with Gasteiger partial charge in [-0.2, -0.15) is 5.10 Å². The summed E-state index contributed by atoms with van der Waals surface area (Å²) in [6, 6.07) is 7.50.